The largest absolute Gasteiger partial charge is 0.349 e. The summed E-state index contributed by atoms with van der Waals surface area (Å²) in [6.45, 7) is 10.4. The summed E-state index contributed by atoms with van der Waals surface area (Å²) < 4.78 is 0. The van der Waals surface area contributed by atoms with E-state index in [1.54, 1.807) is 11.8 Å². The van der Waals surface area contributed by atoms with Gasteiger partial charge in [0.2, 0.25) is 0 Å². The van der Waals surface area contributed by atoms with E-state index in [1.165, 1.54) is 47.0 Å². The molecule has 1 N–H and O–H groups in total. The first kappa shape index (κ1) is 21.0. The van der Waals surface area contributed by atoms with Gasteiger partial charge >= 0.3 is 0 Å². The van der Waals surface area contributed by atoms with Gasteiger partial charge in [0.1, 0.15) is 0 Å². The Balaban J connectivity index is 1.64. The van der Waals surface area contributed by atoms with Crippen LogP contribution in [0.5, 0.6) is 0 Å². The Labute approximate surface area is 184 Å². The number of carbonyl (C=O) groups excluding carboxylic acids is 1. The van der Waals surface area contributed by atoms with E-state index in [0.717, 1.165) is 12.2 Å². The summed E-state index contributed by atoms with van der Waals surface area (Å²) in [6, 6.07) is 15.0. The number of nitrogens with one attached hydrogen (secondary N) is 1. The average molecular weight is 422 g/mol. The van der Waals surface area contributed by atoms with Crippen LogP contribution in [-0.2, 0) is 0 Å². The fourth-order valence-corrected chi connectivity index (χ4v) is 5.32. The summed E-state index contributed by atoms with van der Waals surface area (Å²) in [5.41, 5.74) is 4.30. The Morgan fingerprint density at radius 3 is 2.60 bits per heavy atom. The predicted octanol–water partition coefficient (Wildman–Crippen LogP) is 5.47. The molecule has 0 spiro atoms. The van der Waals surface area contributed by atoms with Crippen molar-refractivity contribution in [2.45, 2.75) is 49.4 Å². The van der Waals surface area contributed by atoms with Crippen LogP contribution in [0.1, 0.15) is 44.0 Å². The molecule has 1 amide bonds. The second-order valence-corrected chi connectivity index (χ2v) is 9.55. The van der Waals surface area contributed by atoms with Crippen molar-refractivity contribution in [2.24, 2.45) is 0 Å². The molecule has 2 heterocycles. The first-order chi connectivity index (χ1) is 14.5. The molecule has 1 saturated heterocycles. The summed E-state index contributed by atoms with van der Waals surface area (Å²) in [4.78, 5) is 20.2. The molecule has 1 fully saturated rings. The van der Waals surface area contributed by atoms with E-state index in [9.17, 15) is 4.79 Å². The molecule has 0 saturated carbocycles. The number of benzene rings is 2. The zero-order valence-corrected chi connectivity index (χ0v) is 19.0. The minimum Gasteiger partial charge on any atom is -0.349 e. The zero-order chi connectivity index (χ0) is 21.1. The lowest BCUT2D eigenvalue weighted by atomic mass is 10.1. The van der Waals surface area contributed by atoms with Crippen LogP contribution < -0.4 is 10.2 Å². The van der Waals surface area contributed by atoms with Crippen molar-refractivity contribution in [3.63, 3.8) is 0 Å². The van der Waals surface area contributed by atoms with Gasteiger partial charge in [0.25, 0.3) is 5.91 Å². The van der Waals surface area contributed by atoms with Crippen molar-refractivity contribution in [1.29, 1.82) is 0 Å². The van der Waals surface area contributed by atoms with Gasteiger partial charge in [-0.1, -0.05) is 35.5 Å². The highest BCUT2D eigenvalue weighted by atomic mass is 32.2. The molecule has 0 radical (unpaired) electrons. The van der Waals surface area contributed by atoms with E-state index >= 15 is 0 Å². The summed E-state index contributed by atoms with van der Waals surface area (Å²) in [5.74, 6) is -0.0219. The molecule has 30 heavy (non-hydrogen) atoms. The second kappa shape index (κ2) is 9.27. The third-order valence-corrected chi connectivity index (χ3v) is 6.89. The minimum atomic E-state index is -0.0219. The van der Waals surface area contributed by atoms with E-state index in [4.69, 9.17) is 0 Å². The van der Waals surface area contributed by atoms with E-state index < -0.39 is 0 Å². The monoisotopic (exact) mass is 421 g/mol. The Morgan fingerprint density at radius 1 is 1.10 bits per heavy atom. The summed E-state index contributed by atoms with van der Waals surface area (Å²) in [6.07, 6.45) is 4.63. The summed E-state index contributed by atoms with van der Waals surface area (Å²) in [5, 5.41) is 3.01. The van der Waals surface area contributed by atoms with Gasteiger partial charge in [0.05, 0.1) is 11.4 Å². The molecule has 0 aromatic heterocycles. The highest BCUT2D eigenvalue weighted by Crippen LogP contribution is 2.49. The number of hydrogen-bond donors (Lipinski definition) is 1. The van der Waals surface area contributed by atoms with Gasteiger partial charge < -0.3 is 15.1 Å². The molecule has 2 aromatic rings. The van der Waals surface area contributed by atoms with Crippen molar-refractivity contribution in [1.82, 2.24) is 10.2 Å². The molecule has 1 atom stereocenters. The average Bonchev–Trinajstić information content (AvgIpc) is 3.24. The van der Waals surface area contributed by atoms with Crippen molar-refractivity contribution in [3.8, 4) is 0 Å². The standard InChI is InChI=1S/C25H31N3OS/c1-18(2)12-13-26-25(29)20-10-11-24-22(16-20)28(19(3)17-27-14-6-7-15-27)21-8-4-5-9-23(21)30-24/h4-5,8-12,16,19H,6-7,13-15,17H2,1-3H3,(H,26,29)/t19-/m1/s1. The number of rotatable bonds is 6. The van der Waals surface area contributed by atoms with Gasteiger partial charge in [0, 0.05) is 34.5 Å². The smallest absolute Gasteiger partial charge is 0.251 e. The molecule has 158 valence electrons. The molecule has 0 aliphatic carbocycles. The maximum absolute atomic E-state index is 12.7. The van der Waals surface area contributed by atoms with Crippen LogP contribution in [-0.4, -0.2) is 43.0 Å². The van der Waals surface area contributed by atoms with E-state index in [-0.39, 0.29) is 5.91 Å². The van der Waals surface area contributed by atoms with Gasteiger partial charge in [-0.05, 0) is 77.0 Å². The van der Waals surface area contributed by atoms with E-state index in [2.05, 4.69) is 58.4 Å². The number of amides is 1. The second-order valence-electron chi connectivity index (χ2n) is 8.47. The molecule has 4 nitrogen and oxygen atoms in total. The molecular weight excluding hydrogens is 390 g/mol. The highest BCUT2D eigenvalue weighted by molar-refractivity contribution is 7.99. The first-order valence-corrected chi connectivity index (χ1v) is 11.7. The maximum atomic E-state index is 12.7. The van der Waals surface area contributed by atoms with Crippen molar-refractivity contribution < 1.29 is 4.79 Å². The predicted molar refractivity (Wildman–Crippen MR) is 126 cm³/mol. The number of carbonyl (C=O) groups is 1. The van der Waals surface area contributed by atoms with Gasteiger partial charge in [-0.25, -0.2) is 0 Å². The van der Waals surface area contributed by atoms with Crippen LogP contribution in [0.25, 0.3) is 0 Å². The van der Waals surface area contributed by atoms with Crippen LogP contribution in [0.4, 0.5) is 11.4 Å². The van der Waals surface area contributed by atoms with E-state index in [1.807, 2.05) is 26.0 Å². The topological polar surface area (TPSA) is 35.6 Å². The van der Waals surface area contributed by atoms with Gasteiger partial charge in [-0.2, -0.15) is 0 Å². The SMILES string of the molecule is CC(C)=CCNC(=O)c1ccc2c(c1)N([C@H](C)CN1CCCC1)c1ccccc1S2. The van der Waals surface area contributed by atoms with Crippen molar-refractivity contribution in [3.05, 3.63) is 59.7 Å². The molecule has 2 aromatic carbocycles. The number of nitrogens with zero attached hydrogens (tertiary/aromatic N) is 2. The number of anilines is 2. The van der Waals surface area contributed by atoms with Crippen LogP contribution in [0.2, 0.25) is 0 Å². The molecule has 0 unspecified atom stereocenters. The van der Waals surface area contributed by atoms with Crippen LogP contribution in [0.3, 0.4) is 0 Å². The van der Waals surface area contributed by atoms with Crippen LogP contribution >= 0.6 is 11.8 Å². The molecule has 2 aliphatic rings. The number of fused-ring (bicyclic) bond motifs is 2. The Hall–Kier alpha value is -2.24. The minimum absolute atomic E-state index is 0.0219. The Kier molecular flexibility index (Phi) is 6.49. The Bertz CT molecular complexity index is 945. The number of likely N-dealkylation sites (tertiary alicyclic amines) is 1. The van der Waals surface area contributed by atoms with Gasteiger partial charge in [-0.15, -0.1) is 0 Å². The number of para-hydroxylation sites is 1. The first-order valence-electron chi connectivity index (χ1n) is 10.9. The van der Waals surface area contributed by atoms with Crippen LogP contribution in [0, 0.1) is 0 Å². The molecule has 5 heteroatoms. The van der Waals surface area contributed by atoms with Gasteiger partial charge in [0.15, 0.2) is 0 Å². The zero-order valence-electron chi connectivity index (χ0n) is 18.1. The molecule has 4 rings (SSSR count). The Morgan fingerprint density at radius 2 is 1.83 bits per heavy atom. The van der Waals surface area contributed by atoms with Crippen molar-refractivity contribution >= 4 is 29.0 Å². The third-order valence-electron chi connectivity index (χ3n) is 5.76. The highest BCUT2D eigenvalue weighted by Gasteiger charge is 2.29. The molecule has 2 aliphatic heterocycles. The summed E-state index contributed by atoms with van der Waals surface area (Å²) >= 11 is 1.79. The molecule has 0 bridgehead atoms. The third kappa shape index (κ3) is 4.57. The van der Waals surface area contributed by atoms with Crippen molar-refractivity contribution in [2.75, 3.05) is 31.1 Å². The fraction of sp³-hybridized carbons (Fsp3) is 0.400. The lowest BCUT2D eigenvalue weighted by Crippen LogP contribution is -2.40. The fourth-order valence-electron chi connectivity index (χ4n) is 4.27. The quantitative estimate of drug-likeness (QED) is 0.628. The lowest BCUT2D eigenvalue weighted by molar-refractivity contribution is 0.0958. The van der Waals surface area contributed by atoms with Crippen LogP contribution in [0.15, 0.2) is 63.9 Å². The normalized spacial score (nSPS) is 16.6. The maximum Gasteiger partial charge on any atom is 0.251 e. The van der Waals surface area contributed by atoms with Gasteiger partial charge in [-0.3, -0.25) is 4.79 Å². The van der Waals surface area contributed by atoms with E-state index in [0.29, 0.717) is 18.2 Å². The number of hydrogen-bond acceptors (Lipinski definition) is 4. The summed E-state index contributed by atoms with van der Waals surface area (Å²) in [7, 11) is 0. The lowest BCUT2D eigenvalue weighted by Gasteiger charge is -2.39. The molecular formula is C25H31N3OS. The number of allylic oxidation sites excluding steroid dienone is 1.